The molecule has 8 nitrogen and oxygen atoms in total. The molecule has 0 spiro atoms. The van der Waals surface area contributed by atoms with E-state index in [0.29, 0.717) is 36.2 Å². The lowest BCUT2D eigenvalue weighted by atomic mass is 10.1. The van der Waals surface area contributed by atoms with E-state index in [-0.39, 0.29) is 52.0 Å². The number of benzene rings is 2. The molecule has 51 heavy (non-hydrogen) atoms. The molecule has 2 aromatic carbocycles. The van der Waals surface area contributed by atoms with Crippen LogP contribution in [0.15, 0.2) is 110 Å². The maximum absolute atomic E-state index is 12.5. The number of rotatable bonds is 22. The molecule has 272 valence electrons. The van der Waals surface area contributed by atoms with Crippen molar-refractivity contribution in [3.63, 3.8) is 0 Å². The summed E-state index contributed by atoms with van der Waals surface area (Å²) >= 11 is 0. The highest BCUT2D eigenvalue weighted by Crippen LogP contribution is 2.30. The third-order valence-corrected chi connectivity index (χ3v) is 7.84. The Kier molecular flexibility index (Phi) is 20.9. The number of pyridine rings is 2. The second-order valence-electron chi connectivity index (χ2n) is 11.6. The van der Waals surface area contributed by atoms with Crippen LogP contribution in [-0.2, 0) is 22.7 Å². The van der Waals surface area contributed by atoms with Crippen LogP contribution >= 0.6 is 0 Å². The number of allylic oxidation sites excluding steroid dienone is 2. The van der Waals surface area contributed by atoms with E-state index in [2.05, 4.69) is 33.9 Å². The van der Waals surface area contributed by atoms with Crippen LogP contribution in [0.2, 0.25) is 0 Å². The molecular formula is C41H48Br2N2O6. The number of ether oxygens (including phenoxy) is 4. The molecule has 4 rings (SSSR count). The van der Waals surface area contributed by atoms with Crippen molar-refractivity contribution in [2.45, 2.75) is 58.0 Å². The number of carbonyl (C=O) groups excluding carboxylic acids is 2. The summed E-state index contributed by atoms with van der Waals surface area (Å²) in [7, 11) is 3.18. The highest BCUT2D eigenvalue weighted by atomic mass is 79.9. The molecule has 0 saturated carbocycles. The molecule has 0 amide bonds. The van der Waals surface area contributed by atoms with Crippen LogP contribution in [0.5, 0.6) is 23.0 Å². The van der Waals surface area contributed by atoms with E-state index in [1.54, 1.807) is 26.4 Å². The molecular weight excluding hydrogens is 776 g/mol. The van der Waals surface area contributed by atoms with Gasteiger partial charge in [0.25, 0.3) is 0 Å². The Morgan fingerprint density at radius 3 is 1.35 bits per heavy atom. The first-order chi connectivity index (χ1) is 24.0. The lowest BCUT2D eigenvalue weighted by Crippen LogP contribution is -3.00. The second-order valence-corrected chi connectivity index (χ2v) is 11.6. The van der Waals surface area contributed by atoms with Gasteiger partial charge in [-0.2, -0.15) is 0 Å². The van der Waals surface area contributed by atoms with E-state index in [4.69, 9.17) is 18.9 Å². The van der Waals surface area contributed by atoms with Crippen molar-refractivity contribution >= 4 is 23.7 Å². The van der Waals surface area contributed by atoms with Crippen molar-refractivity contribution in [3.05, 3.63) is 121 Å². The Morgan fingerprint density at radius 1 is 0.549 bits per heavy atom. The molecule has 4 aromatic rings. The van der Waals surface area contributed by atoms with Gasteiger partial charge in [0, 0.05) is 37.1 Å². The zero-order valence-corrected chi connectivity index (χ0v) is 32.6. The van der Waals surface area contributed by atoms with E-state index >= 15 is 0 Å². The number of nitrogens with zero attached hydrogens (tertiary/aromatic N) is 2. The molecule has 2 aromatic heterocycles. The van der Waals surface area contributed by atoms with Crippen LogP contribution in [-0.4, -0.2) is 39.0 Å². The Morgan fingerprint density at radius 2 is 0.961 bits per heavy atom. The van der Waals surface area contributed by atoms with E-state index in [0.717, 1.165) is 62.7 Å². The van der Waals surface area contributed by atoms with Crippen molar-refractivity contribution in [3.8, 4) is 23.0 Å². The van der Waals surface area contributed by atoms with Crippen molar-refractivity contribution in [1.29, 1.82) is 0 Å². The molecule has 0 radical (unpaired) electrons. The van der Waals surface area contributed by atoms with Gasteiger partial charge in [-0.1, -0.05) is 36.4 Å². The number of halogens is 2. The van der Waals surface area contributed by atoms with Crippen molar-refractivity contribution < 1.29 is 71.6 Å². The smallest absolute Gasteiger partial charge is 0.168 e. The molecule has 0 bridgehead atoms. The van der Waals surface area contributed by atoms with E-state index in [9.17, 15) is 9.59 Å². The summed E-state index contributed by atoms with van der Waals surface area (Å²) in [6, 6.07) is 23.2. The van der Waals surface area contributed by atoms with Crippen molar-refractivity contribution in [2.75, 3.05) is 27.4 Å². The highest BCUT2D eigenvalue weighted by molar-refractivity contribution is 6.10. The number of aryl methyl sites for hydroxylation is 2. The first-order valence-electron chi connectivity index (χ1n) is 17.0. The summed E-state index contributed by atoms with van der Waals surface area (Å²) in [5.74, 6) is 1.94. The molecule has 2 heterocycles. The maximum Gasteiger partial charge on any atom is 0.168 e. The Balaban J connectivity index is 0.00000451. The topological polar surface area (TPSA) is 78.8 Å². The van der Waals surface area contributed by atoms with Gasteiger partial charge in [-0.25, -0.2) is 9.13 Å². The molecule has 0 atom stereocenters. The average molecular weight is 825 g/mol. The van der Waals surface area contributed by atoms with Crippen LogP contribution in [0.1, 0.15) is 56.1 Å². The quantitative estimate of drug-likeness (QED) is 0.0511. The van der Waals surface area contributed by atoms with Gasteiger partial charge in [0.15, 0.2) is 59.4 Å². The summed E-state index contributed by atoms with van der Waals surface area (Å²) in [4.78, 5) is 25.0. The third-order valence-electron chi connectivity index (χ3n) is 7.84. The van der Waals surface area contributed by atoms with Crippen LogP contribution in [0.4, 0.5) is 0 Å². The van der Waals surface area contributed by atoms with Gasteiger partial charge in [0.05, 0.1) is 33.9 Å². The van der Waals surface area contributed by atoms with Crippen molar-refractivity contribution in [1.82, 2.24) is 0 Å². The van der Waals surface area contributed by atoms with E-state index < -0.39 is 0 Å². The SMILES string of the molecule is COc1cc(/C=C/C(=O)CC(=O)/C=C/c2ccc(OCCCCC[n+]3ccccc3)c(OC)c2)ccc1OCCCCC[n+]1ccccc1.[Br-].[Br-]. The fraction of sp³-hybridized carbons (Fsp3) is 0.317. The van der Waals surface area contributed by atoms with Crippen molar-refractivity contribution in [2.24, 2.45) is 0 Å². The van der Waals surface area contributed by atoms with Crippen LogP contribution in [0, 0.1) is 0 Å². The minimum Gasteiger partial charge on any atom is -1.00 e. The normalized spacial score (nSPS) is 10.7. The van der Waals surface area contributed by atoms with Gasteiger partial charge in [-0.3, -0.25) is 9.59 Å². The molecule has 0 N–H and O–H groups in total. The van der Waals surface area contributed by atoms with Crippen LogP contribution in [0.3, 0.4) is 0 Å². The zero-order chi connectivity index (χ0) is 34.5. The maximum atomic E-state index is 12.5. The average Bonchev–Trinajstić information content (AvgIpc) is 3.14. The van der Waals surface area contributed by atoms with E-state index in [1.807, 2.05) is 72.8 Å². The number of carbonyl (C=O) groups is 2. The monoisotopic (exact) mass is 822 g/mol. The van der Waals surface area contributed by atoms with Gasteiger partial charge in [-0.15, -0.1) is 0 Å². The third kappa shape index (κ3) is 16.1. The molecule has 0 aliphatic heterocycles. The number of hydrogen-bond donors (Lipinski definition) is 0. The summed E-state index contributed by atoms with van der Waals surface area (Å²) in [5.41, 5.74) is 1.56. The number of unbranched alkanes of at least 4 members (excludes halogenated alkanes) is 4. The fourth-order valence-corrected chi connectivity index (χ4v) is 5.16. The number of methoxy groups -OCH3 is 2. The van der Waals surface area contributed by atoms with Gasteiger partial charge in [0.2, 0.25) is 0 Å². The van der Waals surface area contributed by atoms with Gasteiger partial charge >= 0.3 is 0 Å². The predicted molar refractivity (Wildman–Crippen MR) is 191 cm³/mol. The largest absolute Gasteiger partial charge is 1.00 e. The minimum absolute atomic E-state index is 0. The highest BCUT2D eigenvalue weighted by Gasteiger charge is 2.09. The van der Waals surface area contributed by atoms with Gasteiger partial charge in [0.1, 0.15) is 13.1 Å². The summed E-state index contributed by atoms with van der Waals surface area (Å²) in [5, 5.41) is 0. The first kappa shape index (κ1) is 42.9. The second kappa shape index (κ2) is 24.8. The predicted octanol–water partition coefficient (Wildman–Crippen LogP) is 1.04. The van der Waals surface area contributed by atoms with Crippen LogP contribution in [0.25, 0.3) is 12.2 Å². The number of hydrogen-bond acceptors (Lipinski definition) is 6. The number of aromatic nitrogens is 2. The fourth-order valence-electron chi connectivity index (χ4n) is 5.16. The lowest BCUT2D eigenvalue weighted by Gasteiger charge is -2.11. The minimum atomic E-state index is -0.286. The van der Waals surface area contributed by atoms with Crippen LogP contribution < -0.4 is 62.0 Å². The Hall–Kier alpha value is -4.28. The lowest BCUT2D eigenvalue weighted by molar-refractivity contribution is -0.697. The summed E-state index contributed by atoms with van der Waals surface area (Å²) < 4.78 is 27.3. The Labute approximate surface area is 323 Å². The van der Waals surface area contributed by atoms with E-state index in [1.165, 1.54) is 12.2 Å². The molecule has 0 fully saturated rings. The van der Waals surface area contributed by atoms with Gasteiger partial charge in [-0.05, 0) is 73.2 Å². The Bertz CT molecular complexity index is 1540. The summed E-state index contributed by atoms with van der Waals surface area (Å²) in [6.45, 7) is 3.17. The zero-order valence-electron chi connectivity index (χ0n) is 29.4. The first-order valence-corrected chi connectivity index (χ1v) is 17.0. The molecule has 0 aliphatic rings. The number of ketones is 2. The summed E-state index contributed by atoms with van der Waals surface area (Å²) in [6.07, 6.45) is 20.4. The molecule has 0 aliphatic carbocycles. The molecule has 0 unspecified atom stereocenters. The van der Waals surface area contributed by atoms with Gasteiger partial charge < -0.3 is 52.9 Å². The standard InChI is InChI=1S/C41H48N2O6.2BrH/c1-46-40-31-34(17-21-38(40)48-29-13-5-11-27-42-23-7-3-8-24-42)15-19-36(44)33-37(45)20-16-35-18-22-39(41(32-35)47-2)49-30-14-6-12-28-43-25-9-4-10-26-43;;/h3-4,7-10,15-26,31-32H,5-6,11-14,27-30,33H2,1-2H3;2*1H/q+2;;/p-2/b19-15+,20-16+;;. The molecule has 10 heteroatoms. The molecule has 0 saturated heterocycles.